The molecule has 0 aromatic heterocycles. The summed E-state index contributed by atoms with van der Waals surface area (Å²) in [7, 11) is -1.55. The van der Waals surface area contributed by atoms with Gasteiger partial charge in [0.05, 0.1) is 38.3 Å². The third-order valence-corrected chi connectivity index (χ3v) is 7.10. The number of hydrogen-bond donors (Lipinski definition) is 0. The van der Waals surface area contributed by atoms with Gasteiger partial charge >= 0.3 is 0 Å². The summed E-state index contributed by atoms with van der Waals surface area (Å²) < 4.78 is 46.6. The molecule has 0 spiro atoms. The molecule has 7 nitrogen and oxygen atoms in total. The SMILES string of the molecule is COc1cc(C(=O)C2CCCOc3ccccc3C(OCCS(C)(=O)=O)CCC2)ccc1OC(C)C. The van der Waals surface area contributed by atoms with Gasteiger partial charge in [-0.15, -0.1) is 0 Å². The third-order valence-electron chi connectivity index (χ3n) is 6.19. The molecule has 0 radical (unpaired) electrons. The van der Waals surface area contributed by atoms with Gasteiger partial charge in [0.1, 0.15) is 15.6 Å². The fraction of sp³-hybridized carbons (Fsp3) is 0.536. The number of benzene rings is 2. The zero-order chi connectivity index (χ0) is 26.1. The quantitative estimate of drug-likeness (QED) is 0.409. The standard InChI is InChI=1S/C28H38O7S/c1-20(2)35-26-15-14-22(19-27(26)32-3)28(29)21-9-7-13-25(34-17-18-36(4,30)31)23-11-5-6-12-24(23)33-16-8-10-21/h5-6,11-12,14-15,19-21,25H,7-10,13,16-18H2,1-4H3. The fourth-order valence-corrected chi connectivity index (χ4v) is 4.82. The molecule has 3 rings (SSSR count). The Hall–Kier alpha value is -2.58. The van der Waals surface area contributed by atoms with Crippen LogP contribution in [0.25, 0.3) is 0 Å². The highest BCUT2D eigenvalue weighted by molar-refractivity contribution is 7.90. The van der Waals surface area contributed by atoms with Crippen molar-refractivity contribution >= 4 is 15.6 Å². The highest BCUT2D eigenvalue weighted by atomic mass is 32.2. The molecule has 0 saturated heterocycles. The zero-order valence-corrected chi connectivity index (χ0v) is 22.5. The maximum Gasteiger partial charge on any atom is 0.166 e. The van der Waals surface area contributed by atoms with Crippen LogP contribution in [-0.2, 0) is 14.6 Å². The highest BCUT2D eigenvalue weighted by Crippen LogP contribution is 2.35. The van der Waals surface area contributed by atoms with Crippen molar-refractivity contribution in [2.45, 2.75) is 58.2 Å². The average molecular weight is 519 g/mol. The number of ether oxygens (including phenoxy) is 4. The first-order chi connectivity index (χ1) is 17.2. The Kier molecular flexibility index (Phi) is 10.2. The summed E-state index contributed by atoms with van der Waals surface area (Å²) in [6.07, 6.45) is 4.50. The first kappa shape index (κ1) is 28.0. The molecule has 2 atom stereocenters. The van der Waals surface area contributed by atoms with Crippen LogP contribution in [0.15, 0.2) is 42.5 Å². The molecule has 0 aliphatic carbocycles. The summed E-state index contributed by atoms with van der Waals surface area (Å²) in [5.74, 6) is 1.79. The van der Waals surface area contributed by atoms with Gasteiger partial charge in [0.15, 0.2) is 17.3 Å². The molecule has 8 heteroatoms. The van der Waals surface area contributed by atoms with Crippen LogP contribution < -0.4 is 14.2 Å². The van der Waals surface area contributed by atoms with Crippen molar-refractivity contribution in [3.8, 4) is 17.2 Å². The summed E-state index contributed by atoms with van der Waals surface area (Å²) in [6.45, 7) is 4.49. The maximum atomic E-state index is 13.5. The van der Waals surface area contributed by atoms with Crippen molar-refractivity contribution in [2.75, 3.05) is 32.3 Å². The number of carbonyl (C=O) groups is 1. The van der Waals surface area contributed by atoms with Crippen molar-refractivity contribution in [3.05, 3.63) is 53.6 Å². The number of ketones is 1. The van der Waals surface area contributed by atoms with Crippen LogP contribution in [0.2, 0.25) is 0 Å². The lowest BCUT2D eigenvalue weighted by molar-refractivity contribution is 0.0526. The normalized spacial score (nSPS) is 19.0. The average Bonchev–Trinajstić information content (AvgIpc) is 2.87. The molecular weight excluding hydrogens is 480 g/mol. The number of hydrogen-bond acceptors (Lipinski definition) is 7. The molecule has 2 aromatic carbocycles. The van der Waals surface area contributed by atoms with E-state index < -0.39 is 9.84 Å². The summed E-state index contributed by atoms with van der Waals surface area (Å²) in [4.78, 5) is 13.5. The monoisotopic (exact) mass is 518 g/mol. The highest BCUT2D eigenvalue weighted by Gasteiger charge is 2.25. The van der Waals surface area contributed by atoms with E-state index in [0.717, 1.165) is 24.2 Å². The van der Waals surface area contributed by atoms with Crippen molar-refractivity contribution in [1.82, 2.24) is 0 Å². The van der Waals surface area contributed by atoms with E-state index >= 15 is 0 Å². The number of para-hydroxylation sites is 1. The lowest BCUT2D eigenvalue weighted by atomic mass is 9.88. The topological polar surface area (TPSA) is 88.1 Å². The van der Waals surface area contributed by atoms with Gasteiger partial charge in [0.2, 0.25) is 0 Å². The molecule has 2 aromatic rings. The minimum atomic E-state index is -3.12. The Morgan fingerprint density at radius 1 is 1.06 bits per heavy atom. The van der Waals surface area contributed by atoms with E-state index in [0.29, 0.717) is 42.9 Å². The fourth-order valence-electron chi connectivity index (χ4n) is 4.42. The van der Waals surface area contributed by atoms with Crippen molar-refractivity contribution in [2.24, 2.45) is 5.92 Å². The van der Waals surface area contributed by atoms with Gasteiger partial charge in [-0.1, -0.05) is 18.2 Å². The summed E-state index contributed by atoms with van der Waals surface area (Å²) in [6, 6.07) is 13.1. The minimum absolute atomic E-state index is 0.000555. The first-order valence-corrected chi connectivity index (χ1v) is 14.6. The van der Waals surface area contributed by atoms with E-state index in [1.165, 1.54) is 6.26 Å². The van der Waals surface area contributed by atoms with Crippen molar-refractivity contribution < 1.29 is 32.2 Å². The van der Waals surface area contributed by atoms with Gasteiger partial charge in [-0.05, 0) is 70.2 Å². The molecule has 0 saturated carbocycles. The first-order valence-electron chi connectivity index (χ1n) is 12.6. The molecule has 198 valence electrons. The number of rotatable bonds is 9. The van der Waals surface area contributed by atoms with Gasteiger partial charge in [0, 0.05) is 23.3 Å². The molecule has 0 amide bonds. The van der Waals surface area contributed by atoms with Crippen LogP contribution in [0.4, 0.5) is 0 Å². The number of fused-ring (bicyclic) bond motifs is 1. The second-order valence-corrected chi connectivity index (χ2v) is 11.8. The van der Waals surface area contributed by atoms with E-state index in [-0.39, 0.29) is 36.3 Å². The Morgan fingerprint density at radius 2 is 1.81 bits per heavy atom. The second-order valence-electron chi connectivity index (χ2n) is 9.54. The van der Waals surface area contributed by atoms with Crippen LogP contribution >= 0.6 is 0 Å². The van der Waals surface area contributed by atoms with Gasteiger partial charge in [0.25, 0.3) is 0 Å². The molecule has 0 bridgehead atoms. The lowest BCUT2D eigenvalue weighted by Gasteiger charge is -2.21. The third kappa shape index (κ3) is 8.23. The van der Waals surface area contributed by atoms with E-state index in [1.54, 1.807) is 25.3 Å². The zero-order valence-electron chi connectivity index (χ0n) is 21.7. The van der Waals surface area contributed by atoms with E-state index in [1.807, 2.05) is 38.1 Å². The van der Waals surface area contributed by atoms with Crippen LogP contribution in [0.3, 0.4) is 0 Å². The molecular formula is C28H38O7S. The Bertz CT molecular complexity index is 1110. The molecule has 36 heavy (non-hydrogen) atoms. The predicted octanol–water partition coefficient (Wildman–Crippen LogP) is 5.43. The molecule has 0 N–H and O–H groups in total. The van der Waals surface area contributed by atoms with Crippen molar-refractivity contribution in [3.63, 3.8) is 0 Å². The van der Waals surface area contributed by atoms with E-state index in [9.17, 15) is 13.2 Å². The summed E-state index contributed by atoms with van der Waals surface area (Å²) in [5, 5.41) is 0. The van der Waals surface area contributed by atoms with Crippen LogP contribution in [0.1, 0.15) is 68.0 Å². The van der Waals surface area contributed by atoms with E-state index in [4.69, 9.17) is 18.9 Å². The molecule has 1 heterocycles. The second kappa shape index (κ2) is 13.1. The minimum Gasteiger partial charge on any atom is -0.493 e. The maximum absolute atomic E-state index is 13.5. The van der Waals surface area contributed by atoms with Crippen LogP contribution in [0.5, 0.6) is 17.2 Å². The largest absolute Gasteiger partial charge is 0.493 e. The van der Waals surface area contributed by atoms with Crippen LogP contribution in [-0.4, -0.2) is 52.6 Å². The lowest BCUT2D eigenvalue weighted by Crippen LogP contribution is -2.17. The Morgan fingerprint density at radius 3 is 2.53 bits per heavy atom. The van der Waals surface area contributed by atoms with E-state index in [2.05, 4.69) is 0 Å². The van der Waals surface area contributed by atoms with Gasteiger partial charge in [-0.25, -0.2) is 8.42 Å². The number of sulfone groups is 1. The Labute approximate surface area is 215 Å². The van der Waals surface area contributed by atoms with Gasteiger partial charge in [-0.2, -0.15) is 0 Å². The molecule has 2 unspecified atom stereocenters. The summed E-state index contributed by atoms with van der Waals surface area (Å²) >= 11 is 0. The molecule has 0 fully saturated rings. The number of Topliss-reactive ketones (excluding diaryl/α,β-unsaturated/α-hetero) is 1. The van der Waals surface area contributed by atoms with Gasteiger partial charge in [-0.3, -0.25) is 4.79 Å². The molecule has 1 aliphatic heterocycles. The van der Waals surface area contributed by atoms with Crippen LogP contribution in [0, 0.1) is 5.92 Å². The van der Waals surface area contributed by atoms with Crippen molar-refractivity contribution in [1.29, 1.82) is 0 Å². The number of methoxy groups -OCH3 is 1. The number of carbonyl (C=O) groups excluding carboxylic acids is 1. The van der Waals surface area contributed by atoms with Gasteiger partial charge < -0.3 is 18.9 Å². The summed E-state index contributed by atoms with van der Waals surface area (Å²) in [5.41, 5.74) is 1.52. The Balaban J connectivity index is 1.75. The smallest absolute Gasteiger partial charge is 0.166 e. The molecule has 1 aliphatic rings. The predicted molar refractivity (Wildman–Crippen MR) is 140 cm³/mol.